The molecule has 1 aromatic heterocycles. The van der Waals surface area contributed by atoms with Gasteiger partial charge in [-0.3, -0.25) is 0 Å². The third kappa shape index (κ3) is 4.06. The molecular weight excluding hydrogens is 443 g/mol. The zero-order chi connectivity index (χ0) is 22.9. The Morgan fingerprint density at radius 1 is 1.12 bits per heavy atom. The van der Waals surface area contributed by atoms with Crippen LogP contribution in [0.2, 0.25) is 0 Å². The van der Waals surface area contributed by atoms with Crippen molar-refractivity contribution >= 4 is 28.3 Å². The van der Waals surface area contributed by atoms with Crippen LogP contribution in [-0.2, 0) is 0 Å². The number of phenolic OH excluding ortho intramolecular Hbond substituents is 1. The van der Waals surface area contributed by atoms with Gasteiger partial charge in [-0.2, -0.15) is 23.3 Å². The third-order valence-electron chi connectivity index (χ3n) is 4.91. The van der Waals surface area contributed by atoms with Gasteiger partial charge in [0.1, 0.15) is 11.5 Å². The highest BCUT2D eigenvalue weighted by Crippen LogP contribution is 2.44. The largest absolute Gasteiger partial charge is 0.507 e. The number of allylic oxidation sites excluding steroid dienone is 1. The van der Waals surface area contributed by atoms with E-state index in [2.05, 4.69) is 10.1 Å². The average Bonchev–Trinajstić information content (AvgIpc) is 3.38. The Morgan fingerprint density at radius 2 is 1.84 bits per heavy atom. The van der Waals surface area contributed by atoms with E-state index in [0.29, 0.717) is 27.6 Å². The molecule has 166 valence electrons. The topological polar surface area (TPSA) is 78.2 Å². The van der Waals surface area contributed by atoms with Crippen molar-refractivity contribution in [2.24, 2.45) is 5.10 Å². The number of alkyl halides is 3. The van der Waals surface area contributed by atoms with E-state index >= 15 is 0 Å². The lowest BCUT2D eigenvalue weighted by Crippen LogP contribution is -2.55. The van der Waals surface area contributed by atoms with Gasteiger partial charge in [0.25, 0.3) is 5.72 Å². The monoisotopic (exact) mass is 461 g/mol. The number of methoxy groups -OCH3 is 1. The molecule has 2 N–H and O–H groups in total. The number of benzene rings is 2. The van der Waals surface area contributed by atoms with E-state index < -0.39 is 18.3 Å². The maximum Gasteiger partial charge on any atom is 0.438 e. The molecule has 4 rings (SSSR count). The van der Waals surface area contributed by atoms with Crippen molar-refractivity contribution in [3.05, 3.63) is 65.6 Å². The minimum Gasteiger partial charge on any atom is -0.507 e. The van der Waals surface area contributed by atoms with Gasteiger partial charge in [0.2, 0.25) is 5.13 Å². The van der Waals surface area contributed by atoms with Crippen LogP contribution in [0, 0.1) is 0 Å². The van der Waals surface area contributed by atoms with E-state index in [1.165, 1.54) is 25.3 Å². The molecule has 1 aliphatic heterocycles. The van der Waals surface area contributed by atoms with Gasteiger partial charge in [-0.15, -0.1) is 11.3 Å². The molecule has 0 spiro atoms. The summed E-state index contributed by atoms with van der Waals surface area (Å²) in [5.74, 6) is 0.620. The molecule has 0 saturated heterocycles. The summed E-state index contributed by atoms with van der Waals surface area (Å²) in [6.07, 6.45) is -2.98. The Balaban J connectivity index is 1.66. The van der Waals surface area contributed by atoms with Crippen LogP contribution in [0.5, 0.6) is 11.5 Å². The number of rotatable bonds is 5. The van der Waals surface area contributed by atoms with Crippen LogP contribution in [-0.4, -0.2) is 39.9 Å². The highest BCUT2D eigenvalue weighted by atomic mass is 32.1. The second-order valence-corrected chi connectivity index (χ2v) is 7.87. The number of phenols is 1. The molecule has 1 unspecified atom stereocenters. The number of hydrogen-bond acceptors (Lipinski definition) is 7. The Hall–Kier alpha value is -3.37. The van der Waals surface area contributed by atoms with Crippen molar-refractivity contribution in [2.45, 2.75) is 18.3 Å². The summed E-state index contributed by atoms with van der Waals surface area (Å²) in [5.41, 5.74) is -1.69. The molecule has 0 saturated carbocycles. The standard InChI is InChI=1S/C22H18F3N3O3S/c1-31-17-10-7-14(8-11-17)18-13-32-20(26-18)28-21(30,22(23,24)25)12-16(27-28)9-6-15-4-2-3-5-19(15)29/h2-11,13,29-30H,12H2,1H3/b9-6+. The fourth-order valence-electron chi connectivity index (χ4n) is 3.16. The Morgan fingerprint density at radius 3 is 2.50 bits per heavy atom. The average molecular weight is 461 g/mol. The van der Waals surface area contributed by atoms with E-state index in [1.807, 2.05) is 0 Å². The van der Waals surface area contributed by atoms with E-state index in [1.54, 1.807) is 47.8 Å². The SMILES string of the molecule is COc1ccc(-c2csc(N3N=C(/C=C/c4ccccc4O)CC3(O)C(F)(F)F)n2)cc1. The van der Waals surface area contributed by atoms with Gasteiger partial charge >= 0.3 is 6.18 Å². The number of anilines is 1. The molecule has 0 aliphatic carbocycles. The van der Waals surface area contributed by atoms with Crippen molar-refractivity contribution in [1.82, 2.24) is 4.98 Å². The zero-order valence-electron chi connectivity index (χ0n) is 16.7. The summed E-state index contributed by atoms with van der Waals surface area (Å²) in [4.78, 5) is 4.27. The summed E-state index contributed by atoms with van der Waals surface area (Å²) in [6.45, 7) is 0. The molecule has 0 amide bonds. The Labute approximate surface area is 185 Å². The number of aromatic nitrogens is 1. The van der Waals surface area contributed by atoms with E-state index in [4.69, 9.17) is 4.74 Å². The molecule has 10 heteroatoms. The quantitative estimate of drug-likeness (QED) is 0.556. The predicted molar refractivity (Wildman–Crippen MR) is 117 cm³/mol. The van der Waals surface area contributed by atoms with Crippen molar-refractivity contribution in [3.8, 4) is 22.8 Å². The lowest BCUT2D eigenvalue weighted by Gasteiger charge is -2.32. The van der Waals surface area contributed by atoms with Crippen molar-refractivity contribution < 1.29 is 28.1 Å². The highest BCUT2D eigenvalue weighted by molar-refractivity contribution is 7.14. The Bertz CT molecular complexity index is 1170. The maximum absolute atomic E-state index is 13.8. The van der Waals surface area contributed by atoms with Crippen molar-refractivity contribution in [1.29, 1.82) is 0 Å². The smallest absolute Gasteiger partial charge is 0.438 e. The summed E-state index contributed by atoms with van der Waals surface area (Å²) < 4.78 is 46.6. The van der Waals surface area contributed by atoms with Gasteiger partial charge in [-0.25, -0.2) is 4.98 Å². The van der Waals surface area contributed by atoms with E-state index in [-0.39, 0.29) is 16.6 Å². The highest BCUT2D eigenvalue weighted by Gasteiger charge is 2.62. The van der Waals surface area contributed by atoms with Crippen LogP contribution < -0.4 is 9.75 Å². The fourth-order valence-corrected chi connectivity index (χ4v) is 4.01. The molecule has 1 aliphatic rings. The number of aromatic hydroxyl groups is 1. The summed E-state index contributed by atoms with van der Waals surface area (Å²) in [5, 5.41) is 26.4. The fraction of sp³-hybridized carbons (Fsp3) is 0.182. The molecule has 0 fully saturated rings. The Kier molecular flexibility index (Phi) is 5.66. The number of nitrogens with zero attached hydrogens (tertiary/aromatic N) is 3. The first kappa shape index (κ1) is 21.8. The number of aliphatic hydroxyl groups is 1. The molecule has 32 heavy (non-hydrogen) atoms. The zero-order valence-corrected chi connectivity index (χ0v) is 17.6. The van der Waals surface area contributed by atoms with Crippen LogP contribution >= 0.6 is 11.3 Å². The minimum absolute atomic E-state index is 0.00530. The van der Waals surface area contributed by atoms with Gasteiger partial charge in [-0.05, 0) is 42.5 Å². The second kappa shape index (κ2) is 8.29. The van der Waals surface area contributed by atoms with Gasteiger partial charge in [0, 0.05) is 16.5 Å². The molecule has 3 aromatic rings. The number of para-hydroxylation sites is 1. The molecule has 0 bridgehead atoms. The number of ether oxygens (including phenoxy) is 1. The van der Waals surface area contributed by atoms with Gasteiger partial charge in [-0.1, -0.05) is 18.2 Å². The molecular formula is C22H18F3N3O3S. The molecule has 6 nitrogen and oxygen atoms in total. The molecule has 0 radical (unpaired) electrons. The van der Waals surface area contributed by atoms with E-state index in [9.17, 15) is 23.4 Å². The van der Waals surface area contributed by atoms with Crippen LogP contribution in [0.1, 0.15) is 12.0 Å². The number of hydrogen-bond donors (Lipinski definition) is 2. The summed E-state index contributed by atoms with van der Waals surface area (Å²) in [7, 11) is 1.53. The first-order valence-corrected chi connectivity index (χ1v) is 10.3. The minimum atomic E-state index is -4.98. The molecule has 1 atom stereocenters. The van der Waals surface area contributed by atoms with Gasteiger partial charge in [0.15, 0.2) is 0 Å². The van der Waals surface area contributed by atoms with Crippen molar-refractivity contribution in [2.75, 3.05) is 12.1 Å². The molecule has 2 aromatic carbocycles. The van der Waals surface area contributed by atoms with Crippen LogP contribution in [0.4, 0.5) is 18.3 Å². The number of thiazole rings is 1. The first-order valence-electron chi connectivity index (χ1n) is 9.44. The van der Waals surface area contributed by atoms with Gasteiger partial charge < -0.3 is 14.9 Å². The summed E-state index contributed by atoms with van der Waals surface area (Å²) in [6, 6.07) is 13.3. The first-order chi connectivity index (χ1) is 15.2. The normalized spacial score (nSPS) is 18.9. The van der Waals surface area contributed by atoms with Crippen molar-refractivity contribution in [3.63, 3.8) is 0 Å². The van der Waals surface area contributed by atoms with Gasteiger partial charge in [0.05, 0.1) is 24.9 Å². The maximum atomic E-state index is 13.8. The van der Waals surface area contributed by atoms with Crippen LogP contribution in [0.15, 0.2) is 65.1 Å². The summed E-state index contributed by atoms with van der Waals surface area (Å²) >= 11 is 0.941. The van der Waals surface area contributed by atoms with Crippen LogP contribution in [0.25, 0.3) is 17.3 Å². The number of hydrazone groups is 1. The second-order valence-electron chi connectivity index (χ2n) is 7.03. The predicted octanol–water partition coefficient (Wildman–Crippen LogP) is 5.05. The van der Waals surface area contributed by atoms with Crippen LogP contribution in [0.3, 0.4) is 0 Å². The van der Waals surface area contributed by atoms with E-state index in [0.717, 1.165) is 11.3 Å². The number of halogens is 3. The molecule has 2 heterocycles. The lowest BCUT2D eigenvalue weighted by molar-refractivity contribution is -0.254. The third-order valence-corrected chi connectivity index (χ3v) is 5.73. The lowest BCUT2D eigenvalue weighted by atomic mass is 10.1.